The van der Waals surface area contributed by atoms with E-state index < -0.39 is 11.7 Å². The molecule has 3 atom stereocenters. The molecule has 3 N–H and O–H groups in total. The van der Waals surface area contributed by atoms with Crippen LogP contribution in [0.2, 0.25) is 0 Å². The Labute approximate surface area is 170 Å². The molecule has 162 valence electrons. The van der Waals surface area contributed by atoms with Crippen LogP contribution >= 0.6 is 0 Å². The van der Waals surface area contributed by atoms with Crippen LogP contribution in [-0.4, -0.2) is 54.3 Å². The molecule has 0 bridgehead atoms. The zero-order valence-electron chi connectivity index (χ0n) is 16.9. The first kappa shape index (κ1) is 21.9. The summed E-state index contributed by atoms with van der Waals surface area (Å²) in [6.07, 6.45) is -0.630. The minimum atomic E-state index is -4.29. The maximum absolute atomic E-state index is 12.7. The monoisotopic (exact) mass is 412 g/mol. The normalized spacial score (nSPS) is 26.1. The molecule has 0 spiro atoms. The number of alkyl halides is 3. The predicted molar refractivity (Wildman–Crippen MR) is 108 cm³/mol. The van der Waals surface area contributed by atoms with Gasteiger partial charge in [0.2, 0.25) is 0 Å². The van der Waals surface area contributed by atoms with Gasteiger partial charge in [0.05, 0.1) is 11.7 Å². The van der Waals surface area contributed by atoms with E-state index in [4.69, 9.17) is 0 Å². The molecule has 1 aromatic rings. The summed E-state index contributed by atoms with van der Waals surface area (Å²) in [5.41, 5.74) is 0.274. The molecule has 1 aromatic carbocycles. The summed E-state index contributed by atoms with van der Waals surface area (Å²) in [4.78, 5) is 6.90. The lowest BCUT2D eigenvalue weighted by atomic mass is 10.1. The highest BCUT2D eigenvalue weighted by Crippen LogP contribution is 2.29. The quantitative estimate of drug-likeness (QED) is 0.497. The fraction of sp³-hybridized carbons (Fsp3) is 0.667. The molecular weight excluding hydrogens is 381 g/mol. The Morgan fingerprint density at radius 2 is 1.97 bits per heavy atom. The minimum Gasteiger partial charge on any atom is -0.393 e. The summed E-state index contributed by atoms with van der Waals surface area (Å²) in [6, 6.07) is 5.66. The van der Waals surface area contributed by atoms with Crippen molar-refractivity contribution < 1.29 is 18.3 Å². The van der Waals surface area contributed by atoms with E-state index in [1.54, 1.807) is 12.1 Å². The van der Waals surface area contributed by atoms with Gasteiger partial charge in [0.25, 0.3) is 0 Å². The molecule has 3 unspecified atom stereocenters. The highest BCUT2D eigenvalue weighted by molar-refractivity contribution is 5.80. The second-order valence-electron chi connectivity index (χ2n) is 8.04. The largest absolute Gasteiger partial charge is 0.416 e. The summed E-state index contributed by atoms with van der Waals surface area (Å²) in [7, 11) is 0. The SMILES string of the molecule is CCNC(=NCC1CCCC1O)NC1CCN(Cc2ccc(C(F)(F)F)cc2)C1. The van der Waals surface area contributed by atoms with Crippen molar-refractivity contribution in [2.75, 3.05) is 26.2 Å². The van der Waals surface area contributed by atoms with Crippen molar-refractivity contribution in [3.63, 3.8) is 0 Å². The van der Waals surface area contributed by atoms with Gasteiger partial charge in [0.15, 0.2) is 5.96 Å². The standard InChI is InChI=1S/C21H31F3N4O/c1-2-25-20(26-12-16-4-3-5-19(16)29)27-18-10-11-28(14-18)13-15-6-8-17(9-7-15)21(22,23)24/h6-9,16,18-19,29H,2-5,10-14H2,1H3,(H2,25,26,27). The van der Waals surface area contributed by atoms with Crippen molar-refractivity contribution in [2.24, 2.45) is 10.9 Å². The molecule has 1 saturated carbocycles. The van der Waals surface area contributed by atoms with Crippen LogP contribution in [0.1, 0.15) is 43.7 Å². The molecule has 2 fully saturated rings. The fourth-order valence-corrected chi connectivity index (χ4v) is 4.10. The van der Waals surface area contributed by atoms with Gasteiger partial charge in [-0.25, -0.2) is 0 Å². The third-order valence-electron chi connectivity index (χ3n) is 5.75. The van der Waals surface area contributed by atoms with E-state index in [1.807, 2.05) is 6.92 Å². The Morgan fingerprint density at radius 3 is 2.59 bits per heavy atom. The number of hydrogen-bond acceptors (Lipinski definition) is 3. The molecule has 1 saturated heterocycles. The Morgan fingerprint density at radius 1 is 1.21 bits per heavy atom. The Bertz CT molecular complexity index is 677. The average Bonchev–Trinajstić information content (AvgIpc) is 3.28. The van der Waals surface area contributed by atoms with Crippen LogP contribution in [0, 0.1) is 5.92 Å². The van der Waals surface area contributed by atoms with Gasteiger partial charge in [-0.3, -0.25) is 9.89 Å². The first-order chi connectivity index (χ1) is 13.8. The van der Waals surface area contributed by atoms with Gasteiger partial charge in [0, 0.05) is 44.7 Å². The van der Waals surface area contributed by atoms with Gasteiger partial charge in [-0.1, -0.05) is 18.6 Å². The Balaban J connectivity index is 1.49. The van der Waals surface area contributed by atoms with Crippen LogP contribution < -0.4 is 10.6 Å². The van der Waals surface area contributed by atoms with Gasteiger partial charge >= 0.3 is 6.18 Å². The molecule has 2 aliphatic rings. The lowest BCUT2D eigenvalue weighted by molar-refractivity contribution is -0.137. The topological polar surface area (TPSA) is 59.9 Å². The number of likely N-dealkylation sites (tertiary alicyclic amines) is 1. The first-order valence-electron chi connectivity index (χ1n) is 10.5. The molecule has 3 rings (SSSR count). The van der Waals surface area contributed by atoms with Gasteiger partial charge < -0.3 is 15.7 Å². The maximum atomic E-state index is 12.7. The molecule has 0 radical (unpaired) electrons. The van der Waals surface area contributed by atoms with E-state index in [9.17, 15) is 18.3 Å². The smallest absolute Gasteiger partial charge is 0.393 e. The Hall–Kier alpha value is -1.80. The van der Waals surface area contributed by atoms with Crippen molar-refractivity contribution in [1.29, 1.82) is 0 Å². The van der Waals surface area contributed by atoms with Crippen molar-refractivity contribution in [3.05, 3.63) is 35.4 Å². The fourth-order valence-electron chi connectivity index (χ4n) is 4.10. The number of guanidine groups is 1. The highest BCUT2D eigenvalue weighted by Gasteiger charge is 2.30. The predicted octanol–water partition coefficient (Wildman–Crippen LogP) is 3.00. The lowest BCUT2D eigenvalue weighted by Gasteiger charge is -2.20. The maximum Gasteiger partial charge on any atom is 0.416 e. The van der Waals surface area contributed by atoms with Crippen LogP contribution in [-0.2, 0) is 12.7 Å². The zero-order valence-corrected chi connectivity index (χ0v) is 16.9. The third-order valence-corrected chi connectivity index (χ3v) is 5.75. The summed E-state index contributed by atoms with van der Waals surface area (Å²) in [6.45, 7) is 5.75. The Kier molecular flexibility index (Phi) is 7.40. The van der Waals surface area contributed by atoms with Crippen molar-refractivity contribution in [1.82, 2.24) is 15.5 Å². The molecule has 0 aromatic heterocycles. The van der Waals surface area contributed by atoms with E-state index in [2.05, 4.69) is 20.5 Å². The molecule has 1 heterocycles. The molecular formula is C21H31F3N4O. The number of benzene rings is 1. The molecule has 5 nitrogen and oxygen atoms in total. The van der Waals surface area contributed by atoms with Gasteiger partial charge in [-0.2, -0.15) is 13.2 Å². The number of nitrogens with zero attached hydrogens (tertiary/aromatic N) is 2. The van der Waals surface area contributed by atoms with Crippen molar-refractivity contribution >= 4 is 5.96 Å². The lowest BCUT2D eigenvalue weighted by Crippen LogP contribution is -2.44. The summed E-state index contributed by atoms with van der Waals surface area (Å²) in [5.74, 6) is 1.01. The molecule has 8 heteroatoms. The number of halogens is 3. The zero-order chi connectivity index (χ0) is 20.9. The number of nitrogens with one attached hydrogen (secondary N) is 2. The summed E-state index contributed by atoms with van der Waals surface area (Å²) < 4.78 is 38.1. The van der Waals surface area contributed by atoms with Crippen molar-refractivity contribution in [3.8, 4) is 0 Å². The van der Waals surface area contributed by atoms with Gasteiger partial charge in [-0.15, -0.1) is 0 Å². The van der Waals surface area contributed by atoms with E-state index in [1.165, 1.54) is 0 Å². The minimum absolute atomic E-state index is 0.241. The molecule has 29 heavy (non-hydrogen) atoms. The van der Waals surface area contributed by atoms with E-state index in [0.29, 0.717) is 13.1 Å². The van der Waals surface area contributed by atoms with Gasteiger partial charge in [-0.05, 0) is 43.9 Å². The van der Waals surface area contributed by atoms with Crippen LogP contribution in [0.25, 0.3) is 0 Å². The molecule has 1 aliphatic carbocycles. The second-order valence-corrected chi connectivity index (χ2v) is 8.04. The number of aliphatic imine (C=N–C) groups is 1. The number of rotatable bonds is 6. The molecule has 1 aliphatic heterocycles. The summed E-state index contributed by atoms with van der Waals surface area (Å²) in [5, 5.41) is 16.7. The van der Waals surface area contributed by atoms with Gasteiger partial charge in [0.1, 0.15) is 0 Å². The number of aliphatic hydroxyl groups excluding tert-OH is 1. The third kappa shape index (κ3) is 6.34. The van der Waals surface area contributed by atoms with E-state index in [-0.39, 0.29) is 18.1 Å². The average molecular weight is 413 g/mol. The first-order valence-corrected chi connectivity index (χ1v) is 10.5. The second kappa shape index (κ2) is 9.80. The highest BCUT2D eigenvalue weighted by atomic mass is 19.4. The number of hydrogen-bond donors (Lipinski definition) is 3. The molecule has 0 amide bonds. The van der Waals surface area contributed by atoms with Crippen molar-refractivity contribution in [2.45, 2.75) is 57.5 Å². The van der Waals surface area contributed by atoms with E-state index >= 15 is 0 Å². The van der Waals surface area contributed by atoms with E-state index in [0.717, 1.165) is 69.0 Å². The van der Waals surface area contributed by atoms with Crippen LogP contribution in [0.3, 0.4) is 0 Å². The van der Waals surface area contributed by atoms with Crippen LogP contribution in [0.15, 0.2) is 29.3 Å². The van der Waals surface area contributed by atoms with Crippen LogP contribution in [0.4, 0.5) is 13.2 Å². The van der Waals surface area contributed by atoms with Crippen LogP contribution in [0.5, 0.6) is 0 Å². The number of aliphatic hydroxyl groups is 1. The summed E-state index contributed by atoms with van der Waals surface area (Å²) >= 11 is 0.